The quantitative estimate of drug-likeness (QED) is 0.173. The van der Waals surface area contributed by atoms with Gasteiger partial charge in [-0.05, 0) is 94.0 Å². The van der Waals surface area contributed by atoms with E-state index < -0.39 is 0 Å². The molecule has 0 radical (unpaired) electrons. The first-order valence-corrected chi connectivity index (χ1v) is 19.5. The lowest BCUT2D eigenvalue weighted by molar-refractivity contribution is 0.660. The van der Waals surface area contributed by atoms with Gasteiger partial charge in [-0.25, -0.2) is 0 Å². The normalized spacial score (nSPS) is 13.1. The Kier molecular flexibility index (Phi) is 6.80. The van der Waals surface area contributed by atoms with Crippen molar-refractivity contribution in [1.29, 1.82) is 0 Å². The Morgan fingerprint density at radius 1 is 0.463 bits per heavy atom. The molecule has 54 heavy (non-hydrogen) atoms. The summed E-state index contributed by atoms with van der Waals surface area (Å²) in [5.41, 5.74) is 14.8. The molecule has 0 amide bonds. The van der Waals surface area contributed by atoms with Crippen LogP contribution in [0.1, 0.15) is 25.0 Å². The fourth-order valence-corrected chi connectivity index (χ4v) is 10.2. The number of hydrogen-bond donors (Lipinski definition) is 0. The number of para-hydroxylation sites is 1. The van der Waals surface area contributed by atoms with Crippen LogP contribution in [0.5, 0.6) is 0 Å². The molecule has 1 aliphatic rings. The SMILES string of the molecule is CC1(C)c2ccccc2-c2ccc(N(c3ccc(-c4ccccc4)cc3)c3ccc4c(c3)c3ccc5c6ccccc6sc5c3n4-c3ccccc3)cc21. The average Bonchev–Trinajstić information content (AvgIpc) is 3.84. The van der Waals surface area contributed by atoms with Crippen LogP contribution in [0.2, 0.25) is 0 Å². The van der Waals surface area contributed by atoms with Crippen molar-refractivity contribution >= 4 is 70.4 Å². The molecule has 0 N–H and O–H groups in total. The highest BCUT2D eigenvalue weighted by molar-refractivity contribution is 7.26. The molecular formula is C51H36N2S. The molecule has 0 atom stereocenters. The first-order chi connectivity index (χ1) is 26.5. The lowest BCUT2D eigenvalue weighted by Gasteiger charge is -2.28. The van der Waals surface area contributed by atoms with E-state index in [9.17, 15) is 0 Å². The van der Waals surface area contributed by atoms with Crippen molar-refractivity contribution in [3.63, 3.8) is 0 Å². The van der Waals surface area contributed by atoms with E-state index in [1.807, 2.05) is 11.3 Å². The van der Waals surface area contributed by atoms with E-state index in [-0.39, 0.29) is 5.41 Å². The van der Waals surface area contributed by atoms with Gasteiger partial charge in [0.2, 0.25) is 0 Å². The minimum atomic E-state index is -0.104. The molecule has 2 aromatic heterocycles. The van der Waals surface area contributed by atoms with Gasteiger partial charge in [0.15, 0.2) is 0 Å². The molecule has 2 nitrogen and oxygen atoms in total. The number of benzene rings is 8. The summed E-state index contributed by atoms with van der Waals surface area (Å²) in [6, 6.07) is 67.0. The lowest BCUT2D eigenvalue weighted by atomic mass is 9.82. The van der Waals surface area contributed by atoms with Crippen LogP contribution in [0, 0.1) is 0 Å². The molecule has 10 aromatic rings. The van der Waals surface area contributed by atoms with Gasteiger partial charge in [0, 0.05) is 54.4 Å². The van der Waals surface area contributed by atoms with Crippen molar-refractivity contribution in [2.24, 2.45) is 0 Å². The number of thiophene rings is 1. The van der Waals surface area contributed by atoms with Crippen molar-refractivity contribution in [2.45, 2.75) is 19.3 Å². The predicted molar refractivity (Wildman–Crippen MR) is 231 cm³/mol. The van der Waals surface area contributed by atoms with E-state index in [1.54, 1.807) is 0 Å². The van der Waals surface area contributed by atoms with E-state index >= 15 is 0 Å². The van der Waals surface area contributed by atoms with Crippen LogP contribution in [-0.4, -0.2) is 4.57 Å². The molecule has 2 heterocycles. The van der Waals surface area contributed by atoms with E-state index in [0.717, 1.165) is 17.1 Å². The second-order valence-corrected chi connectivity index (χ2v) is 16.0. The Morgan fingerprint density at radius 2 is 1.09 bits per heavy atom. The summed E-state index contributed by atoms with van der Waals surface area (Å²) in [4.78, 5) is 2.44. The predicted octanol–water partition coefficient (Wildman–Crippen LogP) is 14.6. The summed E-state index contributed by atoms with van der Waals surface area (Å²) in [6.45, 7) is 4.72. The molecule has 256 valence electrons. The molecule has 8 aromatic carbocycles. The van der Waals surface area contributed by atoms with Crippen LogP contribution < -0.4 is 4.90 Å². The van der Waals surface area contributed by atoms with Crippen molar-refractivity contribution < 1.29 is 0 Å². The standard InChI is InChI=1S/C51H36N2S/c1-51(2)45-19-11-9-17-39(45)40-27-25-38(32-46(40)51)52(36-23-21-34(22-24-36)33-13-5-3-6-14-33)37-26-30-47-44(31-37)42-28-29-43-41-18-10-12-20-48(41)54-50(43)49(42)53(47)35-15-7-4-8-16-35/h3-32H,1-2H3. The molecule has 0 aliphatic heterocycles. The molecule has 0 unspecified atom stereocenters. The van der Waals surface area contributed by atoms with Gasteiger partial charge in [-0.3, -0.25) is 0 Å². The van der Waals surface area contributed by atoms with Gasteiger partial charge in [0.25, 0.3) is 0 Å². The fourth-order valence-electron chi connectivity index (χ4n) is 8.97. The minimum Gasteiger partial charge on any atom is -0.310 e. The van der Waals surface area contributed by atoms with Gasteiger partial charge >= 0.3 is 0 Å². The Hall–Kier alpha value is -6.42. The summed E-state index contributed by atoms with van der Waals surface area (Å²) >= 11 is 1.89. The van der Waals surface area contributed by atoms with E-state index in [4.69, 9.17) is 0 Å². The summed E-state index contributed by atoms with van der Waals surface area (Å²) in [5.74, 6) is 0. The monoisotopic (exact) mass is 708 g/mol. The zero-order chi connectivity index (χ0) is 36.0. The third-order valence-electron chi connectivity index (χ3n) is 11.6. The summed E-state index contributed by atoms with van der Waals surface area (Å²) in [6.07, 6.45) is 0. The summed E-state index contributed by atoms with van der Waals surface area (Å²) < 4.78 is 5.11. The second kappa shape index (κ2) is 11.8. The molecule has 0 saturated carbocycles. The van der Waals surface area contributed by atoms with Crippen molar-refractivity contribution in [3.05, 3.63) is 193 Å². The van der Waals surface area contributed by atoms with Crippen LogP contribution >= 0.6 is 11.3 Å². The van der Waals surface area contributed by atoms with E-state index in [2.05, 4.69) is 205 Å². The van der Waals surface area contributed by atoms with Crippen molar-refractivity contribution in [3.8, 4) is 27.9 Å². The third-order valence-corrected chi connectivity index (χ3v) is 12.8. The molecule has 0 saturated heterocycles. The van der Waals surface area contributed by atoms with Crippen molar-refractivity contribution in [2.75, 3.05) is 4.90 Å². The highest BCUT2D eigenvalue weighted by atomic mass is 32.1. The highest BCUT2D eigenvalue weighted by Gasteiger charge is 2.35. The zero-order valence-corrected chi connectivity index (χ0v) is 30.9. The van der Waals surface area contributed by atoms with Gasteiger partial charge in [0.05, 0.1) is 15.7 Å². The molecule has 1 aliphatic carbocycles. The Labute approximate surface area is 318 Å². The summed E-state index contributed by atoms with van der Waals surface area (Å²) in [5, 5.41) is 5.13. The van der Waals surface area contributed by atoms with E-state index in [0.29, 0.717) is 0 Å². The summed E-state index contributed by atoms with van der Waals surface area (Å²) in [7, 11) is 0. The minimum absolute atomic E-state index is 0.104. The van der Waals surface area contributed by atoms with Gasteiger partial charge in [0.1, 0.15) is 0 Å². The molecule has 3 heteroatoms. The number of rotatable bonds is 5. The number of anilines is 3. The maximum Gasteiger partial charge on any atom is 0.0719 e. The largest absolute Gasteiger partial charge is 0.310 e. The number of fused-ring (bicyclic) bond motifs is 10. The maximum atomic E-state index is 2.47. The molecule has 0 bridgehead atoms. The Balaban J connectivity index is 1.15. The second-order valence-electron chi connectivity index (χ2n) is 15.0. The fraction of sp³-hybridized carbons (Fsp3) is 0.0588. The van der Waals surface area contributed by atoms with Crippen LogP contribution in [0.15, 0.2) is 182 Å². The zero-order valence-electron chi connectivity index (χ0n) is 30.1. The molecule has 11 rings (SSSR count). The van der Waals surface area contributed by atoms with Crippen LogP contribution in [-0.2, 0) is 5.41 Å². The third kappa shape index (κ3) is 4.58. The van der Waals surface area contributed by atoms with E-state index in [1.165, 1.54) is 81.0 Å². The van der Waals surface area contributed by atoms with Crippen LogP contribution in [0.25, 0.3) is 69.9 Å². The molecular weight excluding hydrogens is 673 g/mol. The number of aromatic nitrogens is 1. The van der Waals surface area contributed by atoms with Gasteiger partial charge < -0.3 is 9.47 Å². The first-order valence-electron chi connectivity index (χ1n) is 18.7. The number of hydrogen-bond acceptors (Lipinski definition) is 2. The highest BCUT2D eigenvalue weighted by Crippen LogP contribution is 2.51. The smallest absolute Gasteiger partial charge is 0.0719 e. The maximum absolute atomic E-state index is 2.47. The Bertz CT molecular complexity index is 3060. The average molecular weight is 709 g/mol. The van der Waals surface area contributed by atoms with Crippen LogP contribution in [0.4, 0.5) is 17.1 Å². The van der Waals surface area contributed by atoms with Crippen molar-refractivity contribution in [1.82, 2.24) is 4.57 Å². The molecule has 0 fully saturated rings. The van der Waals surface area contributed by atoms with Gasteiger partial charge in [-0.15, -0.1) is 11.3 Å². The Morgan fingerprint density at radius 3 is 1.93 bits per heavy atom. The lowest BCUT2D eigenvalue weighted by Crippen LogP contribution is -2.16. The van der Waals surface area contributed by atoms with Crippen LogP contribution in [0.3, 0.4) is 0 Å². The molecule has 0 spiro atoms. The first kappa shape index (κ1) is 31.1. The van der Waals surface area contributed by atoms with Gasteiger partial charge in [-0.2, -0.15) is 0 Å². The number of nitrogens with zero attached hydrogens (tertiary/aromatic N) is 2. The topological polar surface area (TPSA) is 8.17 Å². The van der Waals surface area contributed by atoms with Gasteiger partial charge in [-0.1, -0.05) is 135 Å².